The summed E-state index contributed by atoms with van der Waals surface area (Å²) in [5.74, 6) is 0.540. The second kappa shape index (κ2) is 11.8. The van der Waals surface area contributed by atoms with Gasteiger partial charge in [-0.05, 0) is 71.6 Å². The molecule has 1 rings (SSSR count). The zero-order valence-electron chi connectivity index (χ0n) is 16.0. The number of allylic oxidation sites excluding steroid dienone is 5. The molecule has 136 valence electrons. The first-order valence-corrected chi connectivity index (χ1v) is 9.84. The normalized spacial score (nSPS) is 12.2. The number of benzene rings is 1. The number of rotatable bonds is 10. The van der Waals surface area contributed by atoms with Crippen molar-refractivity contribution in [2.45, 2.75) is 58.3 Å². The summed E-state index contributed by atoms with van der Waals surface area (Å²) in [6.07, 6.45) is 11.4. The van der Waals surface area contributed by atoms with Gasteiger partial charge in [0.2, 0.25) is 5.91 Å². The number of carbonyl (C=O) groups excluding carboxylic acids is 1. The summed E-state index contributed by atoms with van der Waals surface area (Å²) in [6, 6.07) is 7.50. The second-order valence-corrected chi connectivity index (χ2v) is 7.76. The van der Waals surface area contributed by atoms with Crippen molar-refractivity contribution in [3.8, 4) is 0 Å². The molecule has 0 fully saturated rings. The lowest BCUT2D eigenvalue weighted by Crippen LogP contribution is -2.10. The average molecular weight is 358 g/mol. The van der Waals surface area contributed by atoms with Crippen molar-refractivity contribution < 1.29 is 4.79 Å². The van der Waals surface area contributed by atoms with Crippen LogP contribution in [0.15, 0.2) is 64.1 Å². The van der Waals surface area contributed by atoms with Gasteiger partial charge in [0.25, 0.3) is 0 Å². The summed E-state index contributed by atoms with van der Waals surface area (Å²) in [5, 5.41) is 0. The van der Waals surface area contributed by atoms with Crippen molar-refractivity contribution in [3.63, 3.8) is 0 Å². The van der Waals surface area contributed by atoms with Crippen LogP contribution in [0, 0.1) is 0 Å². The van der Waals surface area contributed by atoms with Crippen LogP contribution >= 0.6 is 11.8 Å². The van der Waals surface area contributed by atoms with Gasteiger partial charge in [0.15, 0.2) is 0 Å². The van der Waals surface area contributed by atoms with E-state index in [0.29, 0.717) is 5.56 Å². The fourth-order valence-electron chi connectivity index (χ4n) is 2.36. The maximum absolute atomic E-state index is 11.2. The molecule has 0 aliphatic rings. The first-order valence-electron chi connectivity index (χ1n) is 8.85. The minimum Gasteiger partial charge on any atom is -0.366 e. The van der Waals surface area contributed by atoms with Crippen LogP contribution in [0.5, 0.6) is 0 Å². The topological polar surface area (TPSA) is 43.1 Å². The Hall–Kier alpha value is -1.74. The molecule has 3 heteroatoms. The molecular weight excluding hydrogens is 326 g/mol. The van der Waals surface area contributed by atoms with Crippen LogP contribution in [0.1, 0.15) is 63.7 Å². The Kier molecular flexibility index (Phi) is 10.0. The van der Waals surface area contributed by atoms with Gasteiger partial charge >= 0.3 is 0 Å². The molecule has 0 spiro atoms. The van der Waals surface area contributed by atoms with E-state index in [1.54, 1.807) is 17.8 Å². The van der Waals surface area contributed by atoms with Crippen molar-refractivity contribution in [1.82, 2.24) is 0 Å². The molecular formula is C22H31NOS. The lowest BCUT2D eigenvalue weighted by atomic mass is 10.1. The second-order valence-electron chi connectivity index (χ2n) is 6.66. The van der Waals surface area contributed by atoms with Gasteiger partial charge < -0.3 is 5.73 Å². The van der Waals surface area contributed by atoms with Gasteiger partial charge in [-0.15, -0.1) is 11.8 Å². The first kappa shape index (κ1) is 21.3. The van der Waals surface area contributed by atoms with Gasteiger partial charge in [0, 0.05) is 16.2 Å². The highest BCUT2D eigenvalue weighted by Crippen LogP contribution is 2.20. The standard InChI is InChI=1S/C22H31NOS/c1-17(2)8-5-9-18(3)10-6-11-19(4)14-15-25-21-13-7-12-20(16-21)22(23)24/h7-8,10,12-14,16H,5-6,9,11,15H2,1-4H3,(H2,23,24)/b18-10+,19-14+. The van der Waals surface area contributed by atoms with Crippen LogP contribution in [0.2, 0.25) is 0 Å². The zero-order valence-corrected chi connectivity index (χ0v) is 16.8. The summed E-state index contributed by atoms with van der Waals surface area (Å²) in [5.41, 5.74) is 10.2. The molecule has 0 saturated carbocycles. The van der Waals surface area contributed by atoms with E-state index in [1.165, 1.54) is 16.7 Å². The Bertz CT molecular complexity index is 652. The monoisotopic (exact) mass is 357 g/mol. The molecule has 0 aliphatic heterocycles. The molecule has 2 nitrogen and oxygen atoms in total. The SMILES string of the molecule is CC(C)=CCC/C(C)=C/CC/C(C)=C/CSc1cccc(C(N)=O)c1. The molecule has 0 radical (unpaired) electrons. The molecule has 0 saturated heterocycles. The number of hydrogen-bond acceptors (Lipinski definition) is 2. The molecule has 2 N–H and O–H groups in total. The van der Waals surface area contributed by atoms with Crippen LogP contribution in [-0.2, 0) is 0 Å². The Morgan fingerprint density at radius 2 is 1.64 bits per heavy atom. The third-order valence-electron chi connectivity index (χ3n) is 3.92. The molecule has 0 aromatic heterocycles. The van der Waals surface area contributed by atoms with Crippen molar-refractivity contribution in [1.29, 1.82) is 0 Å². The van der Waals surface area contributed by atoms with E-state index in [-0.39, 0.29) is 5.91 Å². The van der Waals surface area contributed by atoms with Gasteiger partial charge in [0.1, 0.15) is 0 Å². The number of carbonyl (C=O) groups is 1. The zero-order chi connectivity index (χ0) is 18.7. The van der Waals surface area contributed by atoms with E-state index in [0.717, 1.165) is 36.3 Å². The van der Waals surface area contributed by atoms with E-state index in [9.17, 15) is 4.79 Å². The maximum atomic E-state index is 11.2. The Balaban J connectivity index is 2.35. The Labute approximate surface area is 157 Å². The van der Waals surface area contributed by atoms with Crippen LogP contribution in [0.25, 0.3) is 0 Å². The number of amides is 1. The Morgan fingerprint density at radius 1 is 1.00 bits per heavy atom. The maximum Gasteiger partial charge on any atom is 0.248 e. The fourth-order valence-corrected chi connectivity index (χ4v) is 3.30. The largest absolute Gasteiger partial charge is 0.366 e. The predicted octanol–water partition coefficient (Wildman–Crippen LogP) is 6.30. The van der Waals surface area contributed by atoms with E-state index < -0.39 is 0 Å². The van der Waals surface area contributed by atoms with Crippen LogP contribution in [-0.4, -0.2) is 11.7 Å². The lowest BCUT2D eigenvalue weighted by Gasteiger charge is -2.03. The number of nitrogens with two attached hydrogens (primary N) is 1. The minimum absolute atomic E-state index is 0.374. The summed E-state index contributed by atoms with van der Waals surface area (Å²) in [7, 11) is 0. The van der Waals surface area contributed by atoms with Crippen LogP contribution in [0.4, 0.5) is 0 Å². The molecule has 1 aromatic rings. The van der Waals surface area contributed by atoms with Crippen molar-refractivity contribution in [2.24, 2.45) is 5.73 Å². The first-order chi connectivity index (χ1) is 11.9. The lowest BCUT2D eigenvalue weighted by molar-refractivity contribution is 0.1000. The van der Waals surface area contributed by atoms with E-state index >= 15 is 0 Å². The number of primary amides is 1. The summed E-state index contributed by atoms with van der Waals surface area (Å²) in [6.45, 7) is 8.71. The number of hydrogen-bond donors (Lipinski definition) is 1. The third kappa shape index (κ3) is 9.98. The summed E-state index contributed by atoms with van der Waals surface area (Å²) in [4.78, 5) is 12.3. The van der Waals surface area contributed by atoms with Gasteiger partial charge in [-0.3, -0.25) is 4.79 Å². The summed E-state index contributed by atoms with van der Waals surface area (Å²) >= 11 is 1.73. The molecule has 0 unspecified atom stereocenters. The average Bonchev–Trinajstić information content (AvgIpc) is 2.54. The number of thioether (sulfide) groups is 1. The Morgan fingerprint density at radius 3 is 2.28 bits per heavy atom. The highest BCUT2D eigenvalue weighted by Gasteiger charge is 2.01. The third-order valence-corrected chi connectivity index (χ3v) is 4.84. The quantitative estimate of drug-likeness (QED) is 0.394. The van der Waals surface area contributed by atoms with Gasteiger partial charge in [-0.1, -0.05) is 41.0 Å². The predicted molar refractivity (Wildman–Crippen MR) is 111 cm³/mol. The van der Waals surface area contributed by atoms with Gasteiger partial charge in [-0.25, -0.2) is 0 Å². The van der Waals surface area contributed by atoms with Crippen LogP contribution < -0.4 is 5.73 Å². The molecule has 25 heavy (non-hydrogen) atoms. The summed E-state index contributed by atoms with van der Waals surface area (Å²) < 4.78 is 0. The van der Waals surface area contributed by atoms with E-state index in [1.807, 2.05) is 18.2 Å². The fraction of sp³-hybridized carbons (Fsp3) is 0.409. The minimum atomic E-state index is -0.374. The molecule has 0 aliphatic carbocycles. The van der Waals surface area contributed by atoms with E-state index in [4.69, 9.17) is 5.73 Å². The van der Waals surface area contributed by atoms with Gasteiger partial charge in [0.05, 0.1) is 0 Å². The highest BCUT2D eigenvalue weighted by molar-refractivity contribution is 7.99. The van der Waals surface area contributed by atoms with Gasteiger partial charge in [-0.2, -0.15) is 0 Å². The van der Waals surface area contributed by atoms with Crippen molar-refractivity contribution >= 4 is 17.7 Å². The molecule has 0 heterocycles. The molecule has 0 bridgehead atoms. The molecule has 0 atom stereocenters. The van der Waals surface area contributed by atoms with Crippen molar-refractivity contribution in [3.05, 3.63) is 64.8 Å². The van der Waals surface area contributed by atoms with E-state index in [2.05, 4.69) is 45.9 Å². The molecule has 1 aromatic carbocycles. The van der Waals surface area contributed by atoms with Crippen molar-refractivity contribution in [2.75, 3.05) is 5.75 Å². The van der Waals surface area contributed by atoms with Crippen LogP contribution in [0.3, 0.4) is 0 Å². The molecule has 1 amide bonds. The smallest absolute Gasteiger partial charge is 0.248 e. The highest BCUT2D eigenvalue weighted by atomic mass is 32.2.